The lowest BCUT2D eigenvalue weighted by Gasteiger charge is -2.11. The molecule has 128 valence electrons. The Bertz CT molecular complexity index is 849. The highest BCUT2D eigenvalue weighted by molar-refractivity contribution is 8.18. The largest absolute Gasteiger partial charge is 0.493 e. The molecule has 5 nitrogen and oxygen atoms in total. The van der Waals surface area contributed by atoms with E-state index in [1.807, 2.05) is 0 Å². The number of imide groups is 1. The number of amides is 2. The Labute approximate surface area is 147 Å². The molecule has 1 heterocycles. The normalized spacial score (nSPS) is 15.4. The molecule has 1 fully saturated rings. The minimum Gasteiger partial charge on any atom is -0.493 e. The van der Waals surface area contributed by atoms with Gasteiger partial charge < -0.3 is 9.47 Å². The van der Waals surface area contributed by atoms with Crippen LogP contribution in [-0.4, -0.2) is 18.3 Å². The average molecular weight is 359 g/mol. The van der Waals surface area contributed by atoms with Crippen molar-refractivity contribution in [1.29, 1.82) is 0 Å². The fraction of sp³-hybridized carbons (Fsp3) is 0.111. The van der Waals surface area contributed by atoms with Crippen molar-refractivity contribution in [1.82, 2.24) is 5.32 Å². The van der Waals surface area contributed by atoms with Crippen molar-refractivity contribution < 1.29 is 23.5 Å². The molecule has 7 heteroatoms. The summed E-state index contributed by atoms with van der Waals surface area (Å²) in [5.74, 6) is 0.302. The predicted octanol–water partition coefficient (Wildman–Crippen LogP) is 3.74. The van der Waals surface area contributed by atoms with Crippen molar-refractivity contribution in [3.05, 3.63) is 64.3 Å². The summed E-state index contributed by atoms with van der Waals surface area (Å²) in [4.78, 5) is 23.1. The molecule has 0 atom stereocenters. The lowest BCUT2D eigenvalue weighted by atomic mass is 10.2. The summed E-state index contributed by atoms with van der Waals surface area (Å²) in [7, 11) is 1.51. The van der Waals surface area contributed by atoms with Crippen LogP contribution >= 0.6 is 11.8 Å². The number of ether oxygens (including phenoxy) is 2. The molecule has 0 spiro atoms. The van der Waals surface area contributed by atoms with E-state index in [4.69, 9.17) is 9.47 Å². The van der Waals surface area contributed by atoms with E-state index in [0.29, 0.717) is 22.0 Å². The van der Waals surface area contributed by atoms with Crippen molar-refractivity contribution in [2.75, 3.05) is 7.11 Å². The Morgan fingerprint density at radius 3 is 2.52 bits per heavy atom. The first-order valence-electron chi connectivity index (χ1n) is 7.35. The lowest BCUT2D eigenvalue weighted by molar-refractivity contribution is -0.115. The zero-order valence-corrected chi connectivity index (χ0v) is 14.1. The van der Waals surface area contributed by atoms with Gasteiger partial charge in [0.25, 0.3) is 11.1 Å². The Balaban J connectivity index is 1.75. The molecule has 2 amide bonds. The van der Waals surface area contributed by atoms with Crippen LogP contribution in [0, 0.1) is 5.82 Å². The van der Waals surface area contributed by atoms with E-state index in [1.54, 1.807) is 36.4 Å². The Morgan fingerprint density at radius 1 is 1.12 bits per heavy atom. The van der Waals surface area contributed by atoms with Gasteiger partial charge in [0.1, 0.15) is 12.4 Å². The number of nitrogens with one attached hydrogen (secondary N) is 1. The third-order valence-electron chi connectivity index (χ3n) is 3.44. The van der Waals surface area contributed by atoms with Gasteiger partial charge in [-0.3, -0.25) is 14.9 Å². The van der Waals surface area contributed by atoms with Gasteiger partial charge in [0.2, 0.25) is 0 Å². The maximum atomic E-state index is 12.9. The third-order valence-corrected chi connectivity index (χ3v) is 4.25. The highest BCUT2D eigenvalue weighted by atomic mass is 32.2. The van der Waals surface area contributed by atoms with Crippen LogP contribution in [-0.2, 0) is 11.4 Å². The van der Waals surface area contributed by atoms with Gasteiger partial charge in [0.05, 0.1) is 12.0 Å². The van der Waals surface area contributed by atoms with Crippen LogP contribution < -0.4 is 14.8 Å². The number of methoxy groups -OCH3 is 1. The number of carbonyl (C=O) groups is 2. The molecule has 2 aromatic carbocycles. The first-order chi connectivity index (χ1) is 12.0. The molecule has 2 aromatic rings. The SMILES string of the molecule is COc1cc(C=C2SC(=O)NC2=O)ccc1OCc1ccc(F)cc1. The summed E-state index contributed by atoms with van der Waals surface area (Å²) in [6.07, 6.45) is 1.61. The summed E-state index contributed by atoms with van der Waals surface area (Å²) >= 11 is 0.854. The molecule has 1 aliphatic rings. The van der Waals surface area contributed by atoms with E-state index in [-0.39, 0.29) is 17.7 Å². The number of carbonyl (C=O) groups excluding carboxylic acids is 2. The number of hydrogen-bond donors (Lipinski definition) is 1. The number of hydrogen-bond acceptors (Lipinski definition) is 5. The second kappa shape index (κ2) is 7.40. The van der Waals surface area contributed by atoms with E-state index in [0.717, 1.165) is 17.3 Å². The summed E-state index contributed by atoms with van der Waals surface area (Å²) in [6.45, 7) is 0.268. The number of rotatable bonds is 5. The Hall–Kier alpha value is -2.80. The molecular formula is C18H14FNO4S. The van der Waals surface area contributed by atoms with Gasteiger partial charge >= 0.3 is 0 Å². The predicted molar refractivity (Wildman–Crippen MR) is 92.8 cm³/mol. The lowest BCUT2D eigenvalue weighted by Crippen LogP contribution is -2.17. The maximum Gasteiger partial charge on any atom is 0.290 e. The third kappa shape index (κ3) is 4.19. The number of thioether (sulfide) groups is 1. The zero-order valence-electron chi connectivity index (χ0n) is 13.2. The van der Waals surface area contributed by atoms with Gasteiger partial charge in [0, 0.05) is 0 Å². The van der Waals surface area contributed by atoms with Crippen LogP contribution in [0.15, 0.2) is 47.4 Å². The number of benzene rings is 2. The zero-order chi connectivity index (χ0) is 17.8. The second-order valence-corrected chi connectivity index (χ2v) is 6.19. The van der Waals surface area contributed by atoms with Gasteiger partial charge in [-0.25, -0.2) is 4.39 Å². The first kappa shape index (κ1) is 17.0. The second-order valence-electron chi connectivity index (χ2n) is 5.18. The van der Waals surface area contributed by atoms with Crippen molar-refractivity contribution >= 4 is 29.0 Å². The van der Waals surface area contributed by atoms with Crippen molar-refractivity contribution in [3.8, 4) is 11.5 Å². The topological polar surface area (TPSA) is 64.6 Å². The van der Waals surface area contributed by atoms with Crippen LogP contribution in [0.1, 0.15) is 11.1 Å². The quantitative estimate of drug-likeness (QED) is 0.824. The highest BCUT2D eigenvalue weighted by Crippen LogP contribution is 2.32. The van der Waals surface area contributed by atoms with Crippen LogP contribution in [0.3, 0.4) is 0 Å². The van der Waals surface area contributed by atoms with Crippen LogP contribution in [0.4, 0.5) is 9.18 Å². The fourth-order valence-corrected chi connectivity index (χ4v) is 2.89. The van der Waals surface area contributed by atoms with Gasteiger partial charge in [-0.1, -0.05) is 18.2 Å². The van der Waals surface area contributed by atoms with Gasteiger partial charge in [-0.15, -0.1) is 0 Å². The van der Waals surface area contributed by atoms with Gasteiger partial charge in [0.15, 0.2) is 11.5 Å². The molecule has 3 rings (SSSR count). The number of halogens is 1. The molecule has 0 unspecified atom stereocenters. The Morgan fingerprint density at radius 2 is 1.88 bits per heavy atom. The standard InChI is InChI=1S/C18H14FNO4S/c1-23-15-8-12(9-16-17(21)20-18(22)25-16)4-7-14(15)24-10-11-2-5-13(19)6-3-11/h2-9H,10H2,1H3,(H,20,21,22). The maximum absolute atomic E-state index is 12.9. The summed E-state index contributed by atoms with van der Waals surface area (Å²) in [6, 6.07) is 11.2. The van der Waals surface area contributed by atoms with Crippen LogP contribution in [0.25, 0.3) is 6.08 Å². The molecular weight excluding hydrogens is 345 g/mol. The molecule has 0 saturated carbocycles. The monoisotopic (exact) mass is 359 g/mol. The molecule has 1 saturated heterocycles. The minimum absolute atomic E-state index is 0.268. The summed E-state index contributed by atoms with van der Waals surface area (Å²) in [5, 5.41) is 1.82. The first-order valence-corrected chi connectivity index (χ1v) is 8.17. The van der Waals surface area contributed by atoms with Crippen LogP contribution in [0.2, 0.25) is 0 Å². The summed E-state index contributed by atoms with van der Waals surface area (Å²) < 4.78 is 23.9. The smallest absolute Gasteiger partial charge is 0.290 e. The Kier molecular flexibility index (Phi) is 5.04. The summed E-state index contributed by atoms with van der Waals surface area (Å²) in [5.41, 5.74) is 1.53. The molecule has 1 aliphatic heterocycles. The van der Waals surface area contributed by atoms with E-state index in [2.05, 4.69) is 5.32 Å². The van der Waals surface area contributed by atoms with E-state index in [9.17, 15) is 14.0 Å². The molecule has 0 bridgehead atoms. The van der Waals surface area contributed by atoms with E-state index in [1.165, 1.54) is 19.2 Å². The van der Waals surface area contributed by atoms with Crippen molar-refractivity contribution in [2.45, 2.75) is 6.61 Å². The van der Waals surface area contributed by atoms with Crippen molar-refractivity contribution in [2.24, 2.45) is 0 Å². The minimum atomic E-state index is -0.411. The van der Waals surface area contributed by atoms with Crippen LogP contribution in [0.5, 0.6) is 11.5 Å². The van der Waals surface area contributed by atoms with E-state index >= 15 is 0 Å². The van der Waals surface area contributed by atoms with Gasteiger partial charge in [-0.05, 0) is 53.2 Å². The van der Waals surface area contributed by atoms with Crippen molar-refractivity contribution in [3.63, 3.8) is 0 Å². The highest BCUT2D eigenvalue weighted by Gasteiger charge is 2.25. The fourth-order valence-electron chi connectivity index (χ4n) is 2.21. The average Bonchev–Trinajstić information content (AvgIpc) is 2.92. The van der Waals surface area contributed by atoms with Gasteiger partial charge in [-0.2, -0.15) is 0 Å². The molecule has 0 radical (unpaired) electrons. The molecule has 1 N–H and O–H groups in total. The molecule has 25 heavy (non-hydrogen) atoms. The van der Waals surface area contributed by atoms with E-state index < -0.39 is 5.91 Å². The molecule has 0 aliphatic carbocycles. The molecule has 0 aromatic heterocycles.